The smallest absolute Gasteiger partial charge is 0.337 e. The van der Waals surface area contributed by atoms with Crippen LogP contribution in [0.1, 0.15) is 38.9 Å². The van der Waals surface area contributed by atoms with Crippen LogP contribution in [0.3, 0.4) is 0 Å². The Morgan fingerprint density at radius 2 is 1.94 bits per heavy atom. The van der Waals surface area contributed by atoms with E-state index < -0.39 is 29.5 Å². The van der Waals surface area contributed by atoms with Crippen LogP contribution < -0.4 is 4.57 Å². The van der Waals surface area contributed by atoms with Crippen molar-refractivity contribution in [2.24, 2.45) is 0 Å². The molecule has 0 fully saturated rings. The molecular formula is C27H24N3O6+. The number of nitrogens with zero attached hydrogens (tertiary/aromatic N) is 2. The maximum absolute atomic E-state index is 13.6. The molecule has 0 bridgehead atoms. The standard InChI is InChI=1S/C27H23N3O6/c1-35-27(34)18-9-7-17(8-10-18)23-22(24(31)21-15-19-5-2-3-6-20(19)36-21)25(32)26(33)30(23)13-4-12-29-14-11-28-16-29/h2-3,5-11,14-16,23H,4,12-13H2,1H3,(H,31,32)/p+1. The number of esters is 1. The van der Waals surface area contributed by atoms with Gasteiger partial charge in [0.2, 0.25) is 12.1 Å². The van der Waals surface area contributed by atoms with Gasteiger partial charge in [-0.15, -0.1) is 0 Å². The number of Topliss-reactive ketones (excluding diaryl/α,β-unsaturated/α-hetero) is 1. The Hall–Kier alpha value is -4.66. The third-order valence-corrected chi connectivity index (χ3v) is 6.26. The van der Waals surface area contributed by atoms with E-state index in [1.54, 1.807) is 55.0 Å². The van der Waals surface area contributed by atoms with Gasteiger partial charge in [0.1, 0.15) is 18.0 Å². The van der Waals surface area contributed by atoms with Gasteiger partial charge in [-0.2, -0.15) is 0 Å². The molecule has 9 heteroatoms. The summed E-state index contributed by atoms with van der Waals surface area (Å²) in [5, 5.41) is 11.6. The number of benzene rings is 2. The fraction of sp³-hybridized carbons (Fsp3) is 0.185. The van der Waals surface area contributed by atoms with Crippen LogP contribution in [0, 0.1) is 0 Å². The molecule has 0 spiro atoms. The Morgan fingerprint density at radius 1 is 1.17 bits per heavy atom. The van der Waals surface area contributed by atoms with E-state index in [1.807, 2.05) is 22.9 Å². The van der Waals surface area contributed by atoms with Gasteiger partial charge in [-0.25, -0.2) is 9.36 Å². The number of carbonyl (C=O) groups is 3. The van der Waals surface area contributed by atoms with Crippen LogP contribution in [-0.2, 0) is 16.1 Å². The molecule has 0 saturated heterocycles. The quantitative estimate of drug-likeness (QED) is 0.224. The van der Waals surface area contributed by atoms with E-state index in [0.717, 1.165) is 5.39 Å². The molecule has 0 radical (unpaired) electrons. The van der Waals surface area contributed by atoms with Crippen molar-refractivity contribution in [3.8, 4) is 0 Å². The summed E-state index contributed by atoms with van der Waals surface area (Å²) in [6, 6.07) is 14.4. The molecule has 2 aromatic heterocycles. The van der Waals surface area contributed by atoms with E-state index in [4.69, 9.17) is 9.15 Å². The van der Waals surface area contributed by atoms with Gasteiger partial charge < -0.3 is 19.2 Å². The van der Waals surface area contributed by atoms with Gasteiger partial charge >= 0.3 is 5.97 Å². The lowest BCUT2D eigenvalue weighted by Crippen LogP contribution is -2.36. The molecule has 1 atom stereocenters. The largest absolute Gasteiger partial charge is 0.503 e. The second kappa shape index (κ2) is 9.53. The fourth-order valence-electron chi connectivity index (χ4n) is 4.49. The van der Waals surface area contributed by atoms with Crippen LogP contribution in [0.25, 0.3) is 11.0 Å². The number of aliphatic hydroxyl groups excluding tert-OH is 1. The Kier molecular flexibility index (Phi) is 6.12. The summed E-state index contributed by atoms with van der Waals surface area (Å²) >= 11 is 0. The second-order valence-corrected chi connectivity index (χ2v) is 8.46. The van der Waals surface area contributed by atoms with Crippen molar-refractivity contribution in [3.63, 3.8) is 0 Å². The number of imidazole rings is 1. The first-order valence-corrected chi connectivity index (χ1v) is 11.5. The van der Waals surface area contributed by atoms with Crippen LogP contribution >= 0.6 is 0 Å². The monoisotopic (exact) mass is 486 g/mol. The number of aromatic nitrogens is 2. The van der Waals surface area contributed by atoms with Gasteiger partial charge in [0, 0.05) is 18.4 Å². The predicted octanol–water partition coefficient (Wildman–Crippen LogP) is 3.50. The lowest BCUT2D eigenvalue weighted by atomic mass is 9.94. The molecule has 182 valence electrons. The third kappa shape index (κ3) is 4.15. The minimum absolute atomic E-state index is 0.0338. The summed E-state index contributed by atoms with van der Waals surface area (Å²) in [7, 11) is 1.29. The highest BCUT2D eigenvalue weighted by atomic mass is 16.5. The van der Waals surface area contributed by atoms with Crippen molar-refractivity contribution in [1.29, 1.82) is 0 Å². The predicted molar refractivity (Wildman–Crippen MR) is 128 cm³/mol. The number of aromatic amines is 1. The van der Waals surface area contributed by atoms with E-state index in [2.05, 4.69) is 4.98 Å². The molecule has 5 rings (SSSR count). The van der Waals surface area contributed by atoms with Crippen LogP contribution in [0.5, 0.6) is 0 Å². The average molecular weight is 487 g/mol. The van der Waals surface area contributed by atoms with Gasteiger partial charge in [-0.05, 0) is 29.8 Å². The number of fused-ring (bicyclic) bond motifs is 1. The van der Waals surface area contributed by atoms with Crippen molar-refractivity contribution in [2.75, 3.05) is 13.7 Å². The zero-order valence-corrected chi connectivity index (χ0v) is 19.5. The molecule has 1 aliphatic rings. The number of hydrogen-bond donors (Lipinski definition) is 2. The molecule has 36 heavy (non-hydrogen) atoms. The fourth-order valence-corrected chi connectivity index (χ4v) is 4.49. The maximum atomic E-state index is 13.6. The Labute approximate surface area is 206 Å². The number of H-pyrrole nitrogens is 1. The van der Waals surface area contributed by atoms with E-state index in [1.165, 1.54) is 12.0 Å². The molecule has 1 amide bonds. The van der Waals surface area contributed by atoms with Gasteiger partial charge in [-0.1, -0.05) is 30.3 Å². The maximum Gasteiger partial charge on any atom is 0.337 e. The number of hydrogen-bond acceptors (Lipinski definition) is 6. The second-order valence-electron chi connectivity index (χ2n) is 8.46. The number of aliphatic hydroxyl groups is 1. The normalized spacial score (nSPS) is 15.6. The van der Waals surface area contributed by atoms with Crippen molar-refractivity contribution >= 4 is 28.6 Å². The summed E-state index contributed by atoms with van der Waals surface area (Å²) < 4.78 is 12.5. The van der Waals surface area contributed by atoms with E-state index in [9.17, 15) is 19.5 Å². The van der Waals surface area contributed by atoms with Gasteiger partial charge in [0.25, 0.3) is 5.91 Å². The molecule has 4 aromatic rings. The number of rotatable bonds is 8. The van der Waals surface area contributed by atoms with Crippen molar-refractivity contribution in [1.82, 2.24) is 9.88 Å². The number of furan rings is 1. The number of amides is 1. The van der Waals surface area contributed by atoms with Gasteiger partial charge in [-0.3, -0.25) is 14.6 Å². The van der Waals surface area contributed by atoms with Crippen molar-refractivity contribution < 1.29 is 33.2 Å². The number of ether oxygens (including phenoxy) is 1. The summed E-state index contributed by atoms with van der Waals surface area (Å²) in [6.07, 6.45) is 6.07. The van der Waals surface area contributed by atoms with E-state index in [0.29, 0.717) is 36.2 Å². The lowest BCUT2D eigenvalue weighted by Gasteiger charge is -2.26. The molecule has 0 aliphatic carbocycles. The van der Waals surface area contributed by atoms with Crippen molar-refractivity contribution in [3.05, 3.63) is 102 Å². The molecule has 0 saturated carbocycles. The number of carbonyl (C=O) groups excluding carboxylic acids is 3. The van der Waals surface area contributed by atoms with E-state index in [-0.39, 0.29) is 11.3 Å². The highest BCUT2D eigenvalue weighted by Crippen LogP contribution is 2.39. The molecule has 9 nitrogen and oxygen atoms in total. The first kappa shape index (κ1) is 23.1. The Bertz CT molecular complexity index is 1430. The summed E-state index contributed by atoms with van der Waals surface area (Å²) in [4.78, 5) is 43.1. The number of ketones is 1. The Morgan fingerprint density at radius 3 is 2.64 bits per heavy atom. The average Bonchev–Trinajstić information content (AvgIpc) is 3.63. The highest BCUT2D eigenvalue weighted by molar-refractivity contribution is 6.16. The zero-order chi connectivity index (χ0) is 25.2. The van der Waals surface area contributed by atoms with Crippen LogP contribution in [0.4, 0.5) is 0 Å². The molecule has 2 aromatic carbocycles. The topological polar surface area (TPSA) is 117 Å². The molecule has 2 N–H and O–H groups in total. The van der Waals surface area contributed by atoms with E-state index >= 15 is 0 Å². The number of aryl methyl sites for hydroxylation is 1. The third-order valence-electron chi connectivity index (χ3n) is 6.26. The summed E-state index contributed by atoms with van der Waals surface area (Å²) in [5.41, 5.74) is 1.39. The minimum Gasteiger partial charge on any atom is -0.503 e. The van der Waals surface area contributed by atoms with Crippen LogP contribution in [0.2, 0.25) is 0 Å². The summed E-state index contributed by atoms with van der Waals surface area (Å²) in [5.74, 6) is -2.26. The summed E-state index contributed by atoms with van der Waals surface area (Å²) in [6.45, 7) is 0.927. The molecule has 3 heterocycles. The number of methoxy groups -OCH3 is 1. The number of para-hydroxylation sites is 1. The van der Waals surface area contributed by atoms with Crippen LogP contribution in [0.15, 0.2) is 89.1 Å². The SMILES string of the molecule is COC(=O)c1ccc(C2C(C(=O)c3cc4ccccc4o3)=C(O)C(=O)N2CCC[n+]2cc[nH]c2)cc1. The lowest BCUT2D eigenvalue weighted by molar-refractivity contribution is -0.695. The molecule has 1 aliphatic heterocycles. The first-order chi connectivity index (χ1) is 17.5. The van der Waals surface area contributed by atoms with Gasteiger partial charge in [0.15, 0.2) is 11.5 Å². The first-order valence-electron chi connectivity index (χ1n) is 11.5. The zero-order valence-electron chi connectivity index (χ0n) is 19.5. The molecule has 1 unspecified atom stereocenters. The van der Waals surface area contributed by atoms with Gasteiger partial charge in [0.05, 0.1) is 30.8 Å². The number of nitrogens with one attached hydrogen (secondary N) is 1. The Balaban J connectivity index is 1.50. The van der Waals surface area contributed by atoms with Crippen molar-refractivity contribution in [2.45, 2.75) is 19.0 Å². The highest BCUT2D eigenvalue weighted by Gasteiger charge is 2.44. The minimum atomic E-state index is -0.846. The van der Waals surface area contributed by atoms with Crippen LogP contribution in [-0.4, -0.2) is 46.3 Å². The molecular weight excluding hydrogens is 462 g/mol.